The van der Waals surface area contributed by atoms with Crippen molar-refractivity contribution in [1.29, 1.82) is 0 Å². The smallest absolute Gasteiger partial charge is 0.245 e. The predicted octanol–water partition coefficient (Wildman–Crippen LogP) is 0.864. The van der Waals surface area contributed by atoms with Gasteiger partial charge in [-0.3, -0.25) is 19.2 Å². The van der Waals surface area contributed by atoms with Crippen LogP contribution in [-0.2, 0) is 38.7 Å². The molecule has 1 fully saturated rings. The molecule has 9 nitrogen and oxygen atoms in total. The minimum absolute atomic E-state index is 0.0510. The number of piperidine rings is 1. The number of hydrogen-bond donors (Lipinski definition) is 3. The molecule has 0 aromatic carbocycles. The number of aromatic nitrogens is 1. The van der Waals surface area contributed by atoms with E-state index in [-0.39, 0.29) is 30.2 Å². The lowest BCUT2D eigenvalue weighted by Gasteiger charge is -2.31. The van der Waals surface area contributed by atoms with E-state index in [0.29, 0.717) is 32.4 Å². The first-order valence-corrected chi connectivity index (χ1v) is 11.5. The molecule has 0 saturated carbocycles. The quantitative estimate of drug-likeness (QED) is 0.616. The van der Waals surface area contributed by atoms with E-state index in [4.69, 9.17) is 0 Å². The third-order valence-corrected chi connectivity index (χ3v) is 6.66. The normalized spacial score (nSPS) is 19.8. The van der Waals surface area contributed by atoms with E-state index in [1.54, 1.807) is 4.90 Å². The van der Waals surface area contributed by atoms with Gasteiger partial charge in [0.15, 0.2) is 0 Å². The van der Waals surface area contributed by atoms with Crippen LogP contribution < -0.4 is 16.0 Å². The van der Waals surface area contributed by atoms with Gasteiger partial charge in [0.25, 0.3) is 0 Å². The van der Waals surface area contributed by atoms with Crippen LogP contribution in [0, 0.1) is 5.41 Å². The Kier molecular flexibility index (Phi) is 6.98. The molecule has 2 aliphatic heterocycles. The topological polar surface area (TPSA) is 120 Å². The van der Waals surface area contributed by atoms with Gasteiger partial charge < -0.3 is 20.9 Å². The molecule has 31 heavy (non-hydrogen) atoms. The van der Waals surface area contributed by atoms with Gasteiger partial charge in [0, 0.05) is 31.2 Å². The van der Waals surface area contributed by atoms with E-state index in [1.807, 2.05) is 20.8 Å². The number of carbonyl (C=O) groups excluding carboxylic acids is 4. The molecule has 3 N–H and O–H groups in total. The van der Waals surface area contributed by atoms with Gasteiger partial charge in [0.2, 0.25) is 23.6 Å². The zero-order valence-corrected chi connectivity index (χ0v) is 19.4. The van der Waals surface area contributed by atoms with Crippen LogP contribution >= 0.6 is 11.3 Å². The van der Waals surface area contributed by atoms with Gasteiger partial charge in [0.1, 0.15) is 17.1 Å². The Morgan fingerprint density at radius 3 is 2.68 bits per heavy atom. The Labute approximate surface area is 186 Å². The third-order valence-electron chi connectivity index (χ3n) is 5.50. The summed E-state index contributed by atoms with van der Waals surface area (Å²) in [6.45, 7) is 8.38. The second-order valence-corrected chi connectivity index (χ2v) is 10.4. The lowest BCUT2D eigenvalue weighted by molar-refractivity contribution is -0.138. The van der Waals surface area contributed by atoms with Crippen LogP contribution in [-0.4, -0.2) is 52.1 Å². The molecule has 3 heterocycles. The number of nitrogens with one attached hydrogen (secondary N) is 3. The van der Waals surface area contributed by atoms with Crippen LogP contribution in [0.4, 0.5) is 0 Å². The standard InChI is InChI=1S/C21H31N5O4S/c1-12(27)23-18(21(2,3)4)19(29)22-10-17-25-14-11-26(9-8-15(14)31-17)20(30)13-6-5-7-16(28)24-13/h13,18H,5-11H2,1-4H3,(H,22,29)(H,23,27)(H,24,28)/t13-,18+/m1/s1. The predicted molar refractivity (Wildman–Crippen MR) is 116 cm³/mol. The zero-order valence-electron chi connectivity index (χ0n) is 18.5. The highest BCUT2D eigenvalue weighted by atomic mass is 32.1. The largest absolute Gasteiger partial charge is 0.348 e. The number of amides is 4. The molecule has 3 rings (SSSR count). The average molecular weight is 450 g/mol. The number of thiazole rings is 1. The SMILES string of the molecule is CC(=O)N[C@@H](C(=O)NCc1nc2c(s1)CCN(C(=O)[C@H]1CCCC(=O)N1)C2)C(C)(C)C. The van der Waals surface area contributed by atoms with E-state index >= 15 is 0 Å². The highest BCUT2D eigenvalue weighted by Gasteiger charge is 2.33. The molecular weight excluding hydrogens is 418 g/mol. The van der Waals surface area contributed by atoms with Crippen molar-refractivity contribution in [3.05, 3.63) is 15.6 Å². The van der Waals surface area contributed by atoms with Crippen LogP contribution in [0.1, 0.15) is 62.5 Å². The van der Waals surface area contributed by atoms with Crippen LogP contribution in [0.2, 0.25) is 0 Å². The van der Waals surface area contributed by atoms with E-state index < -0.39 is 17.5 Å². The minimum atomic E-state index is -0.640. The summed E-state index contributed by atoms with van der Waals surface area (Å²) < 4.78 is 0. The second kappa shape index (κ2) is 9.33. The highest BCUT2D eigenvalue weighted by molar-refractivity contribution is 7.11. The molecule has 1 aromatic heterocycles. The van der Waals surface area contributed by atoms with Crippen LogP contribution in [0.15, 0.2) is 0 Å². The Morgan fingerprint density at radius 1 is 1.29 bits per heavy atom. The number of nitrogens with zero attached hydrogens (tertiary/aromatic N) is 2. The van der Waals surface area contributed by atoms with Crippen molar-refractivity contribution in [2.45, 2.75) is 78.6 Å². The number of hydrogen-bond acceptors (Lipinski definition) is 6. The molecule has 0 radical (unpaired) electrons. The van der Waals surface area contributed by atoms with E-state index in [9.17, 15) is 19.2 Å². The Balaban J connectivity index is 1.59. The van der Waals surface area contributed by atoms with Crippen LogP contribution in [0.25, 0.3) is 0 Å². The highest BCUT2D eigenvalue weighted by Crippen LogP contribution is 2.26. The van der Waals surface area contributed by atoms with Crippen molar-refractivity contribution >= 4 is 35.0 Å². The van der Waals surface area contributed by atoms with Crippen molar-refractivity contribution in [2.24, 2.45) is 5.41 Å². The number of rotatable bonds is 5. The van der Waals surface area contributed by atoms with Crippen molar-refractivity contribution < 1.29 is 19.2 Å². The molecule has 0 unspecified atom stereocenters. The summed E-state index contributed by atoms with van der Waals surface area (Å²) in [6.07, 6.45) is 2.60. The Morgan fingerprint density at radius 2 is 2.03 bits per heavy atom. The van der Waals surface area contributed by atoms with Gasteiger partial charge in [-0.2, -0.15) is 0 Å². The summed E-state index contributed by atoms with van der Waals surface area (Å²) in [5.74, 6) is -0.619. The van der Waals surface area contributed by atoms with Gasteiger partial charge in [-0.15, -0.1) is 11.3 Å². The first-order valence-electron chi connectivity index (χ1n) is 10.6. The van der Waals surface area contributed by atoms with E-state index in [1.165, 1.54) is 18.3 Å². The molecule has 2 atom stereocenters. The molecule has 4 amide bonds. The molecule has 0 aliphatic carbocycles. The van der Waals surface area contributed by atoms with Crippen molar-refractivity contribution in [3.63, 3.8) is 0 Å². The molecule has 0 spiro atoms. The first-order chi connectivity index (χ1) is 14.5. The maximum atomic E-state index is 12.8. The van der Waals surface area contributed by atoms with E-state index in [0.717, 1.165) is 22.0 Å². The maximum Gasteiger partial charge on any atom is 0.245 e. The van der Waals surface area contributed by atoms with Crippen LogP contribution in [0.5, 0.6) is 0 Å². The monoisotopic (exact) mass is 449 g/mol. The molecule has 2 aliphatic rings. The minimum Gasteiger partial charge on any atom is -0.348 e. The first kappa shape index (κ1) is 23.2. The molecule has 1 saturated heterocycles. The molecule has 0 bridgehead atoms. The van der Waals surface area contributed by atoms with Crippen molar-refractivity contribution in [1.82, 2.24) is 25.8 Å². The Hall–Kier alpha value is -2.49. The van der Waals surface area contributed by atoms with Crippen LogP contribution in [0.3, 0.4) is 0 Å². The summed E-state index contributed by atoms with van der Waals surface area (Å²) in [7, 11) is 0. The summed E-state index contributed by atoms with van der Waals surface area (Å²) in [6, 6.07) is -1.08. The number of carbonyl (C=O) groups is 4. The molecule has 170 valence electrons. The van der Waals surface area contributed by atoms with Gasteiger partial charge in [-0.1, -0.05) is 20.8 Å². The van der Waals surface area contributed by atoms with Gasteiger partial charge in [0.05, 0.1) is 18.8 Å². The third kappa shape index (κ3) is 5.81. The molecule has 10 heteroatoms. The second-order valence-electron chi connectivity index (χ2n) is 9.22. The summed E-state index contributed by atoms with van der Waals surface area (Å²) in [4.78, 5) is 56.0. The summed E-state index contributed by atoms with van der Waals surface area (Å²) in [5.41, 5.74) is 0.429. The summed E-state index contributed by atoms with van der Waals surface area (Å²) >= 11 is 1.54. The lowest BCUT2D eigenvalue weighted by atomic mass is 9.86. The van der Waals surface area contributed by atoms with Gasteiger partial charge in [-0.05, 0) is 18.3 Å². The fourth-order valence-electron chi connectivity index (χ4n) is 3.87. The maximum absolute atomic E-state index is 12.8. The fourth-order valence-corrected chi connectivity index (χ4v) is 4.88. The Bertz CT molecular complexity index is 876. The number of fused-ring (bicyclic) bond motifs is 1. The molecular formula is C21H31N5O4S. The van der Waals surface area contributed by atoms with Gasteiger partial charge >= 0.3 is 0 Å². The van der Waals surface area contributed by atoms with Crippen molar-refractivity contribution in [3.8, 4) is 0 Å². The average Bonchev–Trinajstić information content (AvgIpc) is 3.11. The zero-order chi connectivity index (χ0) is 22.8. The molecule has 1 aromatic rings. The fraction of sp³-hybridized carbons (Fsp3) is 0.667. The lowest BCUT2D eigenvalue weighted by Crippen LogP contribution is -2.52. The van der Waals surface area contributed by atoms with Gasteiger partial charge in [-0.25, -0.2) is 4.98 Å². The van der Waals surface area contributed by atoms with Crippen molar-refractivity contribution in [2.75, 3.05) is 6.54 Å². The van der Waals surface area contributed by atoms with E-state index in [2.05, 4.69) is 20.9 Å². The summed E-state index contributed by atoms with van der Waals surface area (Å²) in [5, 5.41) is 9.15.